The summed E-state index contributed by atoms with van der Waals surface area (Å²) in [5, 5.41) is 2.92. The molecule has 0 atom stereocenters. The summed E-state index contributed by atoms with van der Waals surface area (Å²) in [7, 11) is 0. The zero-order chi connectivity index (χ0) is 18.9. The Morgan fingerprint density at radius 2 is 1.00 bits per heavy atom. The molecule has 1 rings (SSSR count). The van der Waals surface area contributed by atoms with Crippen LogP contribution in [0.2, 0.25) is 16.6 Å². The molecule has 0 aliphatic rings. The standard InChI is InChI=1S/C25H46As.ClH/c1-4-5-6-7-8-9-10-11-12-13-14-15-16-20-23-26(2,3)24-25-21-18-17-19-22-25;/h17-19,21-22H,4-16,20,23-24H2,1-3H3;1H/q+1;/p-1. The summed E-state index contributed by atoms with van der Waals surface area (Å²) in [6, 6.07) is 11.1. The quantitative estimate of drug-likeness (QED) is 0.200. The summed E-state index contributed by atoms with van der Waals surface area (Å²) in [6.07, 6.45) is 20.5. The van der Waals surface area contributed by atoms with Gasteiger partial charge in [-0.3, -0.25) is 0 Å². The second kappa shape index (κ2) is 18.1. The van der Waals surface area contributed by atoms with Gasteiger partial charge < -0.3 is 12.4 Å². The topological polar surface area (TPSA) is 0 Å². The van der Waals surface area contributed by atoms with E-state index in [1.807, 2.05) is 0 Å². The monoisotopic (exact) mass is 456 g/mol. The molecule has 0 bridgehead atoms. The first-order valence-electron chi connectivity index (χ1n) is 11.5. The van der Waals surface area contributed by atoms with Gasteiger partial charge in [-0.1, -0.05) is 26.2 Å². The molecule has 0 aromatic heterocycles. The van der Waals surface area contributed by atoms with Gasteiger partial charge in [-0.2, -0.15) is 0 Å². The van der Waals surface area contributed by atoms with Crippen LogP contribution in [0.1, 0.15) is 102 Å². The minimum atomic E-state index is -1.40. The maximum atomic E-state index is 2.60. The van der Waals surface area contributed by atoms with Gasteiger partial charge in [0.2, 0.25) is 0 Å². The van der Waals surface area contributed by atoms with Gasteiger partial charge in [0.05, 0.1) is 0 Å². The molecular formula is C25H46AsCl. The van der Waals surface area contributed by atoms with E-state index in [1.165, 1.54) is 100 Å². The molecule has 2 heteroatoms. The van der Waals surface area contributed by atoms with E-state index in [4.69, 9.17) is 0 Å². The zero-order valence-corrected chi connectivity index (χ0v) is 21.2. The number of unbranched alkanes of at least 4 members (excludes halogenated alkanes) is 13. The van der Waals surface area contributed by atoms with E-state index in [1.54, 1.807) is 5.56 Å². The molecule has 0 nitrogen and oxygen atoms in total. The molecule has 0 amide bonds. The SMILES string of the molecule is CCCCCCCCCCCCCCCC[As+](C)(C)Cc1ccccc1.[Cl-]. The van der Waals surface area contributed by atoms with Crippen LogP contribution in [0.5, 0.6) is 0 Å². The van der Waals surface area contributed by atoms with Gasteiger partial charge in [0.25, 0.3) is 0 Å². The van der Waals surface area contributed by atoms with E-state index >= 15 is 0 Å². The summed E-state index contributed by atoms with van der Waals surface area (Å²) < 4.78 is 0. The van der Waals surface area contributed by atoms with Crippen molar-refractivity contribution in [3.05, 3.63) is 35.9 Å². The Bertz CT molecular complexity index is 416. The molecule has 0 aliphatic heterocycles. The van der Waals surface area contributed by atoms with Crippen LogP contribution in [0.4, 0.5) is 0 Å². The van der Waals surface area contributed by atoms with Crippen LogP contribution in [0.15, 0.2) is 30.3 Å². The molecule has 1 aromatic carbocycles. The van der Waals surface area contributed by atoms with Gasteiger partial charge >= 0.3 is 142 Å². The molecule has 0 spiro atoms. The number of benzene rings is 1. The molecule has 0 heterocycles. The van der Waals surface area contributed by atoms with Gasteiger partial charge in [-0.25, -0.2) is 0 Å². The van der Waals surface area contributed by atoms with Gasteiger partial charge in [-0.05, 0) is 0 Å². The number of halogens is 1. The normalized spacial score (nSPS) is 11.4. The Kier molecular flexibility index (Phi) is 18.2. The fourth-order valence-electron chi connectivity index (χ4n) is 3.89. The molecule has 0 aliphatic carbocycles. The van der Waals surface area contributed by atoms with Gasteiger partial charge in [0, 0.05) is 0 Å². The average molecular weight is 457 g/mol. The predicted molar refractivity (Wildman–Crippen MR) is 123 cm³/mol. The fraction of sp³-hybridized carbons (Fsp3) is 0.760. The van der Waals surface area contributed by atoms with E-state index in [9.17, 15) is 0 Å². The van der Waals surface area contributed by atoms with E-state index in [2.05, 4.69) is 48.7 Å². The van der Waals surface area contributed by atoms with Crippen molar-refractivity contribution in [3.8, 4) is 0 Å². The van der Waals surface area contributed by atoms with Crippen LogP contribution in [-0.4, -0.2) is 13.6 Å². The predicted octanol–water partition coefficient (Wildman–Crippen LogP) is 5.96. The first kappa shape index (κ1) is 27.1. The zero-order valence-electron chi connectivity index (χ0n) is 18.5. The van der Waals surface area contributed by atoms with E-state index in [0.29, 0.717) is 0 Å². The van der Waals surface area contributed by atoms with Crippen LogP contribution in [0.3, 0.4) is 0 Å². The summed E-state index contributed by atoms with van der Waals surface area (Å²) in [4.78, 5) is 0. The number of hydrogen-bond acceptors (Lipinski definition) is 0. The fourth-order valence-corrected chi connectivity index (χ4v) is 9.00. The third-order valence-electron chi connectivity index (χ3n) is 5.57. The Morgan fingerprint density at radius 3 is 1.44 bits per heavy atom. The van der Waals surface area contributed by atoms with Gasteiger partial charge in [0.15, 0.2) is 0 Å². The van der Waals surface area contributed by atoms with Crippen molar-refractivity contribution in [1.29, 1.82) is 0 Å². The number of rotatable bonds is 17. The summed E-state index contributed by atoms with van der Waals surface area (Å²) >= 11 is -1.40. The van der Waals surface area contributed by atoms with Crippen LogP contribution in [-0.2, 0) is 5.21 Å². The smallest absolute Gasteiger partial charge is 1.00 e. The molecule has 0 N–H and O–H groups in total. The Balaban J connectivity index is 0.00000676. The van der Waals surface area contributed by atoms with Crippen LogP contribution < -0.4 is 12.4 Å². The maximum absolute atomic E-state index is 2.60. The van der Waals surface area contributed by atoms with Crippen molar-refractivity contribution in [3.63, 3.8) is 0 Å². The summed E-state index contributed by atoms with van der Waals surface area (Å²) in [5.74, 6) is 0. The van der Waals surface area contributed by atoms with Crippen LogP contribution in [0, 0.1) is 0 Å². The van der Waals surface area contributed by atoms with Gasteiger partial charge in [0.1, 0.15) is 0 Å². The van der Waals surface area contributed by atoms with E-state index in [0.717, 1.165) is 0 Å². The van der Waals surface area contributed by atoms with Crippen molar-refractivity contribution < 1.29 is 12.4 Å². The Labute approximate surface area is 180 Å². The molecule has 27 heavy (non-hydrogen) atoms. The molecule has 0 radical (unpaired) electrons. The molecule has 0 unspecified atom stereocenters. The molecular weight excluding hydrogens is 411 g/mol. The van der Waals surface area contributed by atoms with Crippen molar-refractivity contribution >= 4 is 13.6 Å². The van der Waals surface area contributed by atoms with E-state index in [-0.39, 0.29) is 12.4 Å². The molecule has 1 aromatic rings. The Hall–Kier alpha value is 0.0684. The minimum Gasteiger partial charge on any atom is -1.00 e. The summed E-state index contributed by atoms with van der Waals surface area (Å²) in [6.45, 7) is 2.30. The second-order valence-electron chi connectivity index (χ2n) is 8.90. The van der Waals surface area contributed by atoms with Crippen molar-refractivity contribution in [2.75, 3.05) is 0 Å². The minimum absolute atomic E-state index is 0. The largest absolute Gasteiger partial charge is 1.00 e. The van der Waals surface area contributed by atoms with E-state index < -0.39 is 13.6 Å². The van der Waals surface area contributed by atoms with Crippen LogP contribution in [0.25, 0.3) is 0 Å². The van der Waals surface area contributed by atoms with Crippen molar-refractivity contribution in [2.45, 2.75) is 119 Å². The number of hydrogen-bond donors (Lipinski definition) is 0. The summed E-state index contributed by atoms with van der Waals surface area (Å²) in [5.41, 5.74) is 6.77. The van der Waals surface area contributed by atoms with Crippen molar-refractivity contribution in [1.82, 2.24) is 0 Å². The molecule has 158 valence electrons. The third-order valence-corrected chi connectivity index (χ3v) is 11.3. The van der Waals surface area contributed by atoms with Crippen molar-refractivity contribution in [2.24, 2.45) is 0 Å². The Morgan fingerprint density at radius 1 is 0.593 bits per heavy atom. The average Bonchev–Trinajstić information content (AvgIpc) is 2.62. The third kappa shape index (κ3) is 16.7. The van der Waals surface area contributed by atoms with Gasteiger partial charge in [-0.15, -0.1) is 0 Å². The first-order chi connectivity index (χ1) is 12.6. The molecule has 0 saturated heterocycles. The second-order valence-corrected chi connectivity index (χ2v) is 18.6. The van der Waals surface area contributed by atoms with Crippen LogP contribution >= 0.6 is 0 Å². The molecule has 0 saturated carbocycles. The molecule has 0 fully saturated rings. The maximum Gasteiger partial charge on any atom is -1.00 e. The first-order valence-corrected chi connectivity index (χ1v) is 17.9.